The third kappa shape index (κ3) is 9.81. The van der Waals surface area contributed by atoms with E-state index in [1.807, 2.05) is 37.3 Å². The van der Waals surface area contributed by atoms with E-state index >= 15 is 0 Å². The Labute approximate surface area is 173 Å². The van der Waals surface area contributed by atoms with E-state index in [1.54, 1.807) is 7.11 Å². The molecule has 0 aliphatic carbocycles. The summed E-state index contributed by atoms with van der Waals surface area (Å²) < 4.78 is 42.8. The second-order valence-electron chi connectivity index (χ2n) is 6.41. The summed E-state index contributed by atoms with van der Waals surface area (Å²) in [6.45, 7) is 4.57. The van der Waals surface area contributed by atoms with Gasteiger partial charge in [0, 0.05) is 12.5 Å². The van der Waals surface area contributed by atoms with Crippen molar-refractivity contribution in [2.75, 3.05) is 13.7 Å². The first-order valence-corrected chi connectivity index (χ1v) is 8.96. The molecule has 0 spiro atoms. The molecule has 9 heteroatoms. The first kappa shape index (κ1) is 24.8. The highest BCUT2D eigenvalue weighted by Gasteiger charge is 2.38. The maximum absolute atomic E-state index is 10.6. The van der Waals surface area contributed by atoms with Crippen LogP contribution in [0.4, 0.5) is 13.2 Å². The quantitative estimate of drug-likeness (QED) is 0.516. The minimum atomic E-state index is -5.08. The summed E-state index contributed by atoms with van der Waals surface area (Å²) in [6, 6.07) is 15.8. The van der Waals surface area contributed by atoms with Crippen molar-refractivity contribution < 1.29 is 32.5 Å². The topological polar surface area (TPSA) is 94.1 Å². The number of carboxylic acids is 1. The van der Waals surface area contributed by atoms with Gasteiger partial charge in [-0.05, 0) is 31.5 Å². The molecule has 0 amide bonds. The molecule has 0 aliphatic heterocycles. The molecule has 30 heavy (non-hydrogen) atoms. The van der Waals surface area contributed by atoms with Gasteiger partial charge in [0.2, 0.25) is 0 Å². The van der Waals surface area contributed by atoms with Crippen LogP contribution in [0.25, 0.3) is 0 Å². The maximum Gasteiger partial charge on any atom is 0.490 e. The number of amidine groups is 1. The molecule has 3 N–H and O–H groups in total. The summed E-state index contributed by atoms with van der Waals surface area (Å²) in [5.41, 5.74) is 8.42. The molecule has 164 valence electrons. The molecule has 1 atom stereocenters. The maximum atomic E-state index is 10.6. The minimum Gasteiger partial charge on any atom is -0.497 e. The highest BCUT2D eigenvalue weighted by Crippen LogP contribution is 2.20. The van der Waals surface area contributed by atoms with Crippen LogP contribution in [0.3, 0.4) is 0 Å². The van der Waals surface area contributed by atoms with Gasteiger partial charge < -0.3 is 20.3 Å². The van der Waals surface area contributed by atoms with Gasteiger partial charge in [0.25, 0.3) is 0 Å². The van der Waals surface area contributed by atoms with Gasteiger partial charge >= 0.3 is 12.1 Å². The number of hydrogen-bond donors (Lipinski definition) is 2. The van der Waals surface area contributed by atoms with Crippen molar-refractivity contribution in [3.05, 3.63) is 59.7 Å². The number of nitrogens with zero attached hydrogens (tertiary/aromatic N) is 1. The molecule has 0 radical (unpaired) electrons. The molecule has 0 saturated carbocycles. The van der Waals surface area contributed by atoms with Crippen LogP contribution >= 0.6 is 0 Å². The molecule has 2 rings (SSSR count). The lowest BCUT2D eigenvalue weighted by molar-refractivity contribution is -0.192. The molecule has 0 aliphatic rings. The number of carboxylic acid groups (broad SMARTS) is 1. The van der Waals surface area contributed by atoms with Gasteiger partial charge in [0.15, 0.2) is 0 Å². The Balaban J connectivity index is 0.000000553. The Morgan fingerprint density at radius 1 is 1.17 bits per heavy atom. The molecule has 0 aromatic heterocycles. The predicted octanol–water partition coefficient (Wildman–Crippen LogP) is 4.00. The van der Waals surface area contributed by atoms with Crippen molar-refractivity contribution in [1.29, 1.82) is 0 Å². The lowest BCUT2D eigenvalue weighted by Gasteiger charge is -2.13. The van der Waals surface area contributed by atoms with E-state index in [-0.39, 0.29) is 6.10 Å². The number of aliphatic carboxylic acids is 1. The van der Waals surface area contributed by atoms with E-state index in [9.17, 15) is 13.2 Å². The number of methoxy groups -OCH3 is 1. The van der Waals surface area contributed by atoms with Crippen LogP contribution in [-0.4, -0.2) is 42.8 Å². The van der Waals surface area contributed by atoms with Crippen molar-refractivity contribution in [2.24, 2.45) is 10.7 Å². The summed E-state index contributed by atoms with van der Waals surface area (Å²) in [7, 11) is 1.64. The smallest absolute Gasteiger partial charge is 0.490 e. The summed E-state index contributed by atoms with van der Waals surface area (Å²) in [5, 5.41) is 7.12. The number of benzene rings is 2. The van der Waals surface area contributed by atoms with E-state index in [2.05, 4.69) is 30.1 Å². The van der Waals surface area contributed by atoms with Crippen molar-refractivity contribution in [3.8, 4) is 11.5 Å². The van der Waals surface area contributed by atoms with Crippen LogP contribution in [0, 0.1) is 6.92 Å². The fourth-order valence-electron chi connectivity index (χ4n) is 2.28. The molecule has 0 bridgehead atoms. The Morgan fingerprint density at radius 3 is 2.33 bits per heavy atom. The fourth-order valence-corrected chi connectivity index (χ4v) is 2.28. The average Bonchev–Trinajstić information content (AvgIpc) is 2.66. The summed E-state index contributed by atoms with van der Waals surface area (Å²) >= 11 is 0. The molecular formula is C21H25F3N2O4. The molecule has 0 heterocycles. The Kier molecular flexibility index (Phi) is 9.67. The third-order valence-electron chi connectivity index (χ3n) is 3.64. The van der Waals surface area contributed by atoms with Gasteiger partial charge in [-0.3, -0.25) is 4.99 Å². The second-order valence-corrected chi connectivity index (χ2v) is 6.41. The number of aliphatic imine (C=N–C) groups is 1. The van der Waals surface area contributed by atoms with Crippen LogP contribution in [0.5, 0.6) is 11.5 Å². The van der Waals surface area contributed by atoms with Crippen LogP contribution in [0.1, 0.15) is 18.1 Å². The van der Waals surface area contributed by atoms with Gasteiger partial charge in [-0.15, -0.1) is 0 Å². The summed E-state index contributed by atoms with van der Waals surface area (Å²) in [5.74, 6) is -0.592. The molecule has 1 unspecified atom stereocenters. The molecule has 0 saturated heterocycles. The highest BCUT2D eigenvalue weighted by molar-refractivity contribution is 5.82. The summed E-state index contributed by atoms with van der Waals surface area (Å²) in [4.78, 5) is 13.3. The van der Waals surface area contributed by atoms with Crippen LogP contribution in [-0.2, 0) is 11.2 Å². The standard InChI is InChI=1S/C19H24N2O2.C2HF3O2/c1-14-6-4-7-16(10-14)11-19(20)21-13-15(2)23-18-9-5-8-17(12-18)22-3;3-2(4,5)1(6)7/h4-10,12,15H,11,13H2,1-3H3,(H2,20,21);(H,6,7). The number of alkyl halides is 3. The predicted molar refractivity (Wildman–Crippen MR) is 108 cm³/mol. The van der Waals surface area contributed by atoms with Crippen molar-refractivity contribution in [1.82, 2.24) is 0 Å². The normalized spacial score (nSPS) is 12.4. The zero-order chi connectivity index (χ0) is 22.7. The first-order valence-electron chi connectivity index (χ1n) is 8.96. The minimum absolute atomic E-state index is 0.0573. The van der Waals surface area contributed by atoms with Crippen molar-refractivity contribution in [3.63, 3.8) is 0 Å². The zero-order valence-corrected chi connectivity index (χ0v) is 16.9. The fraction of sp³-hybridized carbons (Fsp3) is 0.333. The molecular weight excluding hydrogens is 401 g/mol. The van der Waals surface area contributed by atoms with E-state index in [0.29, 0.717) is 18.8 Å². The molecule has 6 nitrogen and oxygen atoms in total. The van der Waals surface area contributed by atoms with Gasteiger partial charge in [-0.1, -0.05) is 35.9 Å². The number of ether oxygens (including phenoxy) is 2. The van der Waals surface area contributed by atoms with E-state index in [0.717, 1.165) is 11.5 Å². The Hall–Kier alpha value is -3.23. The van der Waals surface area contributed by atoms with E-state index < -0.39 is 12.1 Å². The van der Waals surface area contributed by atoms with Gasteiger partial charge in [0.1, 0.15) is 17.6 Å². The zero-order valence-electron chi connectivity index (χ0n) is 16.9. The monoisotopic (exact) mass is 426 g/mol. The van der Waals surface area contributed by atoms with Crippen molar-refractivity contribution >= 4 is 11.8 Å². The van der Waals surface area contributed by atoms with Crippen LogP contribution < -0.4 is 15.2 Å². The summed E-state index contributed by atoms with van der Waals surface area (Å²) in [6.07, 6.45) is -4.48. The van der Waals surface area contributed by atoms with E-state index in [1.165, 1.54) is 11.1 Å². The number of aryl methyl sites for hydroxylation is 1. The van der Waals surface area contributed by atoms with E-state index in [4.69, 9.17) is 25.1 Å². The third-order valence-corrected chi connectivity index (χ3v) is 3.64. The highest BCUT2D eigenvalue weighted by atomic mass is 19.4. The number of halogens is 3. The number of rotatable bonds is 7. The lowest BCUT2D eigenvalue weighted by Crippen LogP contribution is -2.21. The van der Waals surface area contributed by atoms with Gasteiger partial charge in [-0.25, -0.2) is 4.79 Å². The molecule has 2 aromatic carbocycles. The number of nitrogens with two attached hydrogens (primary N) is 1. The van der Waals surface area contributed by atoms with Crippen molar-refractivity contribution in [2.45, 2.75) is 32.5 Å². The first-order chi connectivity index (χ1) is 14.0. The SMILES string of the molecule is COc1cccc(OC(C)CN=C(N)Cc2cccc(C)c2)c1.O=C(O)C(F)(F)F. The van der Waals surface area contributed by atoms with Crippen LogP contribution in [0.2, 0.25) is 0 Å². The van der Waals surface area contributed by atoms with Gasteiger partial charge in [-0.2, -0.15) is 13.2 Å². The van der Waals surface area contributed by atoms with Crippen LogP contribution in [0.15, 0.2) is 53.5 Å². The average molecular weight is 426 g/mol. The Morgan fingerprint density at radius 2 is 1.77 bits per heavy atom. The molecule has 2 aromatic rings. The second kappa shape index (κ2) is 11.7. The number of carbonyl (C=O) groups is 1. The largest absolute Gasteiger partial charge is 0.497 e. The lowest BCUT2D eigenvalue weighted by atomic mass is 10.1. The Bertz CT molecular complexity index is 854. The molecule has 0 fully saturated rings. The van der Waals surface area contributed by atoms with Gasteiger partial charge in [0.05, 0.1) is 19.5 Å². The number of hydrogen-bond acceptors (Lipinski definition) is 4.